The lowest BCUT2D eigenvalue weighted by Gasteiger charge is -2.27. The fourth-order valence-electron chi connectivity index (χ4n) is 3.41. The van der Waals surface area contributed by atoms with E-state index in [-0.39, 0.29) is 16.8 Å². The van der Waals surface area contributed by atoms with Crippen molar-refractivity contribution in [1.29, 1.82) is 0 Å². The first-order valence-corrected chi connectivity index (χ1v) is 8.21. The first-order valence-electron chi connectivity index (χ1n) is 8.21. The van der Waals surface area contributed by atoms with Gasteiger partial charge in [0.05, 0.1) is 7.11 Å². The maximum Gasteiger partial charge on any atom is 0.258 e. The van der Waals surface area contributed by atoms with E-state index in [0.29, 0.717) is 11.1 Å². The van der Waals surface area contributed by atoms with E-state index in [1.807, 2.05) is 6.07 Å². The van der Waals surface area contributed by atoms with Gasteiger partial charge in [-0.3, -0.25) is 4.79 Å². The number of aromatic nitrogens is 1. The Kier molecular flexibility index (Phi) is 4.15. The van der Waals surface area contributed by atoms with Gasteiger partial charge >= 0.3 is 0 Å². The van der Waals surface area contributed by atoms with Crippen molar-refractivity contribution in [3.8, 4) is 16.9 Å². The molecule has 0 N–H and O–H groups in total. The molecular weight excluding hydrogens is 317 g/mol. The number of pyridine rings is 1. The summed E-state index contributed by atoms with van der Waals surface area (Å²) in [5.74, 6) is 0.400. The maximum atomic E-state index is 13.4. The Hall–Kier alpha value is -2.62. The Balaban J connectivity index is 2.55. The molecule has 0 aliphatic rings. The number of fused-ring (bicyclic) bond motifs is 1. The van der Waals surface area contributed by atoms with Crippen molar-refractivity contribution < 1.29 is 9.13 Å². The highest BCUT2D eigenvalue weighted by molar-refractivity contribution is 5.98. The van der Waals surface area contributed by atoms with E-state index >= 15 is 0 Å². The molecule has 0 unspecified atom stereocenters. The summed E-state index contributed by atoms with van der Waals surface area (Å²) < 4.78 is 20.5. The summed E-state index contributed by atoms with van der Waals surface area (Å²) in [4.78, 5) is 12.9. The molecule has 0 aliphatic heterocycles. The van der Waals surface area contributed by atoms with Gasteiger partial charge in [-0.15, -0.1) is 0 Å². The molecule has 0 radical (unpaired) electrons. The number of nitrogens with zero attached hydrogens (tertiary/aromatic N) is 1. The number of hydrogen-bond acceptors (Lipinski definition) is 2. The number of benzene rings is 2. The van der Waals surface area contributed by atoms with Crippen molar-refractivity contribution in [1.82, 2.24) is 4.57 Å². The van der Waals surface area contributed by atoms with E-state index < -0.39 is 0 Å². The molecular formula is C21H22FNO2. The number of methoxy groups -OCH3 is 1. The predicted molar refractivity (Wildman–Crippen MR) is 99.8 cm³/mol. The van der Waals surface area contributed by atoms with Crippen LogP contribution in [0.15, 0.2) is 47.3 Å². The number of rotatable bonds is 2. The molecule has 3 nitrogen and oxygen atoms in total. The van der Waals surface area contributed by atoms with E-state index in [1.165, 1.54) is 12.1 Å². The van der Waals surface area contributed by atoms with Crippen molar-refractivity contribution in [2.75, 3.05) is 7.11 Å². The normalized spacial score (nSPS) is 11.8. The minimum Gasteiger partial charge on any atom is -0.497 e. The number of halogens is 1. The van der Waals surface area contributed by atoms with Crippen molar-refractivity contribution >= 4 is 10.8 Å². The molecule has 130 valence electrons. The van der Waals surface area contributed by atoms with E-state index in [9.17, 15) is 9.18 Å². The van der Waals surface area contributed by atoms with E-state index in [1.54, 1.807) is 43.0 Å². The standard InChI is InChI=1S/C21H22FNO2/c1-21(2,3)19-18(13-6-8-14(22)9-7-13)17-12-15(25-5)10-11-16(17)20(24)23(19)4/h6-12H,1-5H3. The third-order valence-corrected chi connectivity index (χ3v) is 4.45. The highest BCUT2D eigenvalue weighted by Crippen LogP contribution is 2.38. The van der Waals surface area contributed by atoms with Gasteiger partial charge in [0.15, 0.2) is 0 Å². The van der Waals surface area contributed by atoms with Gasteiger partial charge in [0, 0.05) is 34.5 Å². The molecule has 0 amide bonds. The first-order chi connectivity index (χ1) is 11.7. The summed E-state index contributed by atoms with van der Waals surface area (Å²) in [7, 11) is 3.39. The van der Waals surface area contributed by atoms with Crippen LogP contribution in [-0.2, 0) is 12.5 Å². The molecule has 2 aromatic carbocycles. The Morgan fingerprint density at radius 2 is 1.64 bits per heavy atom. The summed E-state index contributed by atoms with van der Waals surface area (Å²) in [6.07, 6.45) is 0. The highest BCUT2D eigenvalue weighted by atomic mass is 19.1. The molecule has 1 heterocycles. The molecule has 0 spiro atoms. The van der Waals surface area contributed by atoms with Gasteiger partial charge in [0.1, 0.15) is 11.6 Å². The van der Waals surface area contributed by atoms with Crippen molar-refractivity contribution in [2.45, 2.75) is 26.2 Å². The Bertz CT molecular complexity index is 996. The molecule has 0 bridgehead atoms. The average Bonchev–Trinajstić information content (AvgIpc) is 2.57. The van der Waals surface area contributed by atoms with E-state index in [4.69, 9.17) is 4.74 Å². The van der Waals surface area contributed by atoms with Crippen LogP contribution in [-0.4, -0.2) is 11.7 Å². The van der Waals surface area contributed by atoms with Crippen molar-refractivity contribution in [3.05, 3.63) is 64.3 Å². The molecule has 3 aromatic rings. The van der Waals surface area contributed by atoms with Gasteiger partial charge in [0.2, 0.25) is 0 Å². The monoisotopic (exact) mass is 339 g/mol. The Morgan fingerprint density at radius 3 is 2.20 bits per heavy atom. The molecule has 0 atom stereocenters. The topological polar surface area (TPSA) is 31.2 Å². The largest absolute Gasteiger partial charge is 0.497 e. The molecule has 3 rings (SSSR count). The SMILES string of the molecule is COc1ccc2c(=O)n(C)c(C(C)(C)C)c(-c3ccc(F)cc3)c2c1. The third-order valence-electron chi connectivity index (χ3n) is 4.45. The number of ether oxygens (including phenoxy) is 1. The summed E-state index contributed by atoms with van der Waals surface area (Å²) in [5.41, 5.74) is 2.40. The van der Waals surface area contributed by atoms with Gasteiger partial charge in [-0.1, -0.05) is 32.9 Å². The van der Waals surface area contributed by atoms with Crippen LogP contribution < -0.4 is 10.3 Å². The Labute approximate surface area is 146 Å². The van der Waals surface area contributed by atoms with Gasteiger partial charge in [-0.25, -0.2) is 4.39 Å². The maximum absolute atomic E-state index is 13.4. The summed E-state index contributed by atoms with van der Waals surface area (Å²) >= 11 is 0. The Morgan fingerprint density at radius 1 is 1.00 bits per heavy atom. The molecule has 0 aliphatic carbocycles. The average molecular weight is 339 g/mol. The lowest BCUT2D eigenvalue weighted by Crippen LogP contribution is -2.29. The second kappa shape index (κ2) is 6.03. The summed E-state index contributed by atoms with van der Waals surface area (Å²) in [6.45, 7) is 6.21. The summed E-state index contributed by atoms with van der Waals surface area (Å²) in [6, 6.07) is 11.8. The predicted octanol–water partition coefficient (Wildman–Crippen LogP) is 4.65. The zero-order chi connectivity index (χ0) is 18.4. The van der Waals surface area contributed by atoms with Crippen molar-refractivity contribution in [3.63, 3.8) is 0 Å². The zero-order valence-corrected chi connectivity index (χ0v) is 15.2. The van der Waals surface area contributed by atoms with Gasteiger partial charge in [-0.05, 0) is 35.9 Å². The van der Waals surface area contributed by atoms with Gasteiger partial charge in [-0.2, -0.15) is 0 Å². The second-order valence-corrected chi connectivity index (χ2v) is 7.26. The van der Waals surface area contributed by atoms with Crippen LogP contribution in [0.2, 0.25) is 0 Å². The highest BCUT2D eigenvalue weighted by Gasteiger charge is 2.25. The van der Waals surface area contributed by atoms with E-state index in [2.05, 4.69) is 20.8 Å². The fraction of sp³-hybridized carbons (Fsp3) is 0.286. The van der Waals surface area contributed by atoms with Crippen LogP contribution in [0.5, 0.6) is 5.75 Å². The first kappa shape index (κ1) is 17.2. The quantitative estimate of drug-likeness (QED) is 0.680. The van der Waals surface area contributed by atoms with Gasteiger partial charge < -0.3 is 9.30 Å². The van der Waals surface area contributed by atoms with Crippen LogP contribution in [0.25, 0.3) is 21.9 Å². The lowest BCUT2D eigenvalue weighted by atomic mass is 9.83. The molecule has 0 saturated carbocycles. The molecule has 0 fully saturated rings. The molecule has 25 heavy (non-hydrogen) atoms. The van der Waals surface area contributed by atoms with Crippen LogP contribution >= 0.6 is 0 Å². The summed E-state index contributed by atoms with van der Waals surface area (Å²) in [5, 5.41) is 1.44. The minimum atomic E-state index is -0.284. The molecule has 1 aromatic heterocycles. The van der Waals surface area contributed by atoms with Crippen LogP contribution in [0.1, 0.15) is 26.5 Å². The zero-order valence-electron chi connectivity index (χ0n) is 15.2. The van der Waals surface area contributed by atoms with Crippen LogP contribution in [0.4, 0.5) is 4.39 Å². The van der Waals surface area contributed by atoms with Gasteiger partial charge in [0.25, 0.3) is 5.56 Å². The smallest absolute Gasteiger partial charge is 0.258 e. The van der Waals surface area contributed by atoms with E-state index in [0.717, 1.165) is 22.2 Å². The molecule has 0 saturated heterocycles. The second-order valence-electron chi connectivity index (χ2n) is 7.26. The number of hydrogen-bond donors (Lipinski definition) is 0. The minimum absolute atomic E-state index is 0.0477. The third kappa shape index (κ3) is 2.93. The van der Waals surface area contributed by atoms with Crippen LogP contribution in [0, 0.1) is 5.82 Å². The molecule has 4 heteroatoms. The fourth-order valence-corrected chi connectivity index (χ4v) is 3.41. The lowest BCUT2D eigenvalue weighted by molar-refractivity contribution is 0.415. The van der Waals surface area contributed by atoms with Crippen LogP contribution in [0.3, 0.4) is 0 Å². The van der Waals surface area contributed by atoms with Crippen molar-refractivity contribution in [2.24, 2.45) is 7.05 Å².